The number of fused-ring (bicyclic) bond motifs is 3. The minimum Gasteiger partial charge on any atom is -0.383 e. The molecule has 4 rings (SSSR count). The van der Waals surface area contributed by atoms with Gasteiger partial charge in [-0.3, -0.25) is 0 Å². The number of aryl methyl sites for hydroxylation is 1. The van der Waals surface area contributed by atoms with Gasteiger partial charge in [-0.15, -0.1) is 0 Å². The molecule has 0 saturated carbocycles. The van der Waals surface area contributed by atoms with Crippen molar-refractivity contribution in [1.82, 2.24) is 10.6 Å². The van der Waals surface area contributed by atoms with Crippen LogP contribution >= 0.6 is 0 Å². The molecule has 0 aromatic heterocycles. The number of aliphatic hydroxyl groups is 1. The van der Waals surface area contributed by atoms with E-state index in [1.54, 1.807) is 0 Å². The van der Waals surface area contributed by atoms with Crippen molar-refractivity contribution in [2.45, 2.75) is 62.9 Å². The maximum absolute atomic E-state index is 11.0. The van der Waals surface area contributed by atoms with Crippen LogP contribution in [0.15, 0.2) is 29.3 Å². The first-order chi connectivity index (χ1) is 11.7. The van der Waals surface area contributed by atoms with Crippen molar-refractivity contribution >= 4 is 5.96 Å². The Morgan fingerprint density at radius 1 is 1.38 bits per heavy atom. The predicted molar refractivity (Wildman–Crippen MR) is 94.1 cm³/mol. The van der Waals surface area contributed by atoms with Gasteiger partial charge in [0, 0.05) is 6.54 Å². The normalized spacial score (nSPS) is 34.4. The van der Waals surface area contributed by atoms with Gasteiger partial charge < -0.3 is 20.5 Å². The van der Waals surface area contributed by atoms with Crippen LogP contribution in [0.4, 0.5) is 0 Å². The molecule has 2 saturated heterocycles. The lowest BCUT2D eigenvalue weighted by Crippen LogP contribution is -2.48. The molecule has 5 heteroatoms. The highest BCUT2D eigenvalue weighted by molar-refractivity contribution is 5.80. The summed E-state index contributed by atoms with van der Waals surface area (Å²) >= 11 is 0. The van der Waals surface area contributed by atoms with Crippen molar-refractivity contribution in [3.05, 3.63) is 35.4 Å². The predicted octanol–water partition coefficient (Wildman–Crippen LogP) is 1.70. The molecule has 0 radical (unpaired) electrons. The van der Waals surface area contributed by atoms with Crippen LogP contribution in [-0.2, 0) is 16.8 Å². The summed E-state index contributed by atoms with van der Waals surface area (Å²) in [6.45, 7) is 3.26. The first-order valence-electron chi connectivity index (χ1n) is 9.19. The molecule has 4 atom stereocenters. The quantitative estimate of drug-likeness (QED) is 0.581. The summed E-state index contributed by atoms with van der Waals surface area (Å²) < 4.78 is 5.91. The second-order valence-corrected chi connectivity index (χ2v) is 7.24. The van der Waals surface area contributed by atoms with Gasteiger partial charge in [0.2, 0.25) is 0 Å². The number of nitrogens with one attached hydrogen (secondary N) is 2. The van der Waals surface area contributed by atoms with E-state index in [1.807, 2.05) is 18.2 Å². The highest BCUT2D eigenvalue weighted by Crippen LogP contribution is 2.37. The van der Waals surface area contributed by atoms with E-state index < -0.39 is 5.60 Å². The van der Waals surface area contributed by atoms with Crippen molar-refractivity contribution in [3.8, 4) is 0 Å². The SMILES string of the molecule is CCNC(=NCC1(O)CCc2ccccc21)NC1CC2CCC1O2. The van der Waals surface area contributed by atoms with Gasteiger partial charge in [-0.05, 0) is 50.2 Å². The molecular formula is C19H27N3O2. The van der Waals surface area contributed by atoms with Crippen LogP contribution in [0.2, 0.25) is 0 Å². The van der Waals surface area contributed by atoms with Crippen molar-refractivity contribution in [2.75, 3.05) is 13.1 Å². The number of nitrogens with zero attached hydrogens (tertiary/aromatic N) is 1. The first-order valence-corrected chi connectivity index (χ1v) is 9.19. The van der Waals surface area contributed by atoms with Gasteiger partial charge in [-0.1, -0.05) is 24.3 Å². The smallest absolute Gasteiger partial charge is 0.191 e. The van der Waals surface area contributed by atoms with Gasteiger partial charge in [0.05, 0.1) is 24.8 Å². The fraction of sp³-hybridized carbons (Fsp3) is 0.632. The van der Waals surface area contributed by atoms with Gasteiger partial charge in [0.25, 0.3) is 0 Å². The van der Waals surface area contributed by atoms with E-state index in [0.29, 0.717) is 24.8 Å². The zero-order chi connectivity index (χ0) is 16.6. The molecule has 0 amide bonds. The summed E-state index contributed by atoms with van der Waals surface area (Å²) in [5, 5.41) is 17.9. The second-order valence-electron chi connectivity index (χ2n) is 7.24. The molecule has 1 aromatic carbocycles. The Bertz CT molecular complexity index is 633. The minimum absolute atomic E-state index is 0.314. The number of benzene rings is 1. The fourth-order valence-corrected chi connectivity index (χ4v) is 4.33. The molecule has 2 heterocycles. The Kier molecular flexibility index (Phi) is 4.22. The molecule has 3 N–H and O–H groups in total. The lowest BCUT2D eigenvalue weighted by atomic mass is 9.95. The van der Waals surface area contributed by atoms with Crippen LogP contribution in [-0.4, -0.2) is 42.4 Å². The minimum atomic E-state index is -0.843. The molecule has 5 nitrogen and oxygen atoms in total. The summed E-state index contributed by atoms with van der Waals surface area (Å²) in [5.41, 5.74) is 1.44. The van der Waals surface area contributed by atoms with Crippen LogP contribution < -0.4 is 10.6 Å². The molecule has 130 valence electrons. The highest BCUT2D eigenvalue weighted by Gasteiger charge is 2.41. The van der Waals surface area contributed by atoms with Gasteiger partial charge in [0.1, 0.15) is 5.60 Å². The molecule has 2 fully saturated rings. The molecule has 1 aliphatic carbocycles. The Balaban J connectivity index is 1.46. The molecule has 3 aliphatic rings. The lowest BCUT2D eigenvalue weighted by Gasteiger charge is -2.25. The van der Waals surface area contributed by atoms with Crippen molar-refractivity contribution in [1.29, 1.82) is 0 Å². The fourth-order valence-electron chi connectivity index (χ4n) is 4.33. The highest BCUT2D eigenvalue weighted by atomic mass is 16.5. The van der Waals surface area contributed by atoms with Gasteiger partial charge >= 0.3 is 0 Å². The second kappa shape index (κ2) is 6.37. The number of aliphatic imine (C=N–C) groups is 1. The van der Waals surface area contributed by atoms with E-state index in [2.05, 4.69) is 23.6 Å². The maximum atomic E-state index is 11.0. The third kappa shape index (κ3) is 2.91. The number of rotatable bonds is 4. The van der Waals surface area contributed by atoms with Crippen molar-refractivity contribution < 1.29 is 9.84 Å². The zero-order valence-electron chi connectivity index (χ0n) is 14.3. The summed E-state index contributed by atoms with van der Waals surface area (Å²) in [5.74, 6) is 0.788. The molecule has 0 spiro atoms. The third-order valence-electron chi connectivity index (χ3n) is 5.60. The third-order valence-corrected chi connectivity index (χ3v) is 5.60. The van der Waals surface area contributed by atoms with E-state index in [9.17, 15) is 5.11 Å². The van der Waals surface area contributed by atoms with Gasteiger partial charge in [0.15, 0.2) is 5.96 Å². The standard InChI is InChI=1S/C19H27N3O2/c1-2-20-18(22-16-11-14-7-8-17(16)24-14)21-12-19(23)10-9-13-5-3-4-6-15(13)19/h3-6,14,16-17,23H,2,7-12H2,1H3,(H2,20,21,22). The summed E-state index contributed by atoms with van der Waals surface area (Å²) in [7, 11) is 0. The molecule has 2 aliphatic heterocycles. The van der Waals surface area contributed by atoms with E-state index in [1.165, 1.54) is 12.0 Å². The van der Waals surface area contributed by atoms with Crippen LogP contribution in [0.25, 0.3) is 0 Å². The topological polar surface area (TPSA) is 65.9 Å². The number of ether oxygens (including phenoxy) is 1. The number of hydrogen-bond donors (Lipinski definition) is 3. The summed E-state index contributed by atoms with van der Waals surface area (Å²) in [4.78, 5) is 4.70. The zero-order valence-corrected chi connectivity index (χ0v) is 14.3. The van der Waals surface area contributed by atoms with Gasteiger partial charge in [-0.25, -0.2) is 4.99 Å². The largest absolute Gasteiger partial charge is 0.383 e. The lowest BCUT2D eigenvalue weighted by molar-refractivity contribution is 0.0485. The average Bonchev–Trinajstić information content (AvgIpc) is 3.29. The molecule has 24 heavy (non-hydrogen) atoms. The van der Waals surface area contributed by atoms with Crippen molar-refractivity contribution in [2.24, 2.45) is 4.99 Å². The van der Waals surface area contributed by atoms with Gasteiger partial charge in [-0.2, -0.15) is 0 Å². The van der Waals surface area contributed by atoms with Crippen LogP contribution in [0.1, 0.15) is 43.7 Å². The number of guanidine groups is 1. The molecule has 4 unspecified atom stereocenters. The van der Waals surface area contributed by atoms with E-state index >= 15 is 0 Å². The Hall–Kier alpha value is -1.59. The van der Waals surface area contributed by atoms with Crippen molar-refractivity contribution in [3.63, 3.8) is 0 Å². The van der Waals surface area contributed by atoms with E-state index in [0.717, 1.165) is 43.8 Å². The number of hydrogen-bond acceptors (Lipinski definition) is 3. The van der Waals surface area contributed by atoms with Crippen LogP contribution in [0.5, 0.6) is 0 Å². The van der Waals surface area contributed by atoms with Crippen LogP contribution in [0.3, 0.4) is 0 Å². The molecule has 2 bridgehead atoms. The first kappa shape index (κ1) is 15.9. The molecular weight excluding hydrogens is 302 g/mol. The Morgan fingerprint density at radius 2 is 2.25 bits per heavy atom. The van der Waals surface area contributed by atoms with Crippen LogP contribution in [0, 0.1) is 0 Å². The molecule has 1 aromatic rings. The Labute approximate surface area is 143 Å². The maximum Gasteiger partial charge on any atom is 0.191 e. The Morgan fingerprint density at radius 3 is 3.00 bits per heavy atom. The monoisotopic (exact) mass is 329 g/mol. The summed E-state index contributed by atoms with van der Waals surface area (Å²) in [6.07, 6.45) is 5.78. The van der Waals surface area contributed by atoms with E-state index in [4.69, 9.17) is 9.73 Å². The summed E-state index contributed by atoms with van der Waals surface area (Å²) in [6, 6.07) is 8.51. The average molecular weight is 329 g/mol. The van der Waals surface area contributed by atoms with E-state index in [-0.39, 0.29) is 0 Å².